The van der Waals surface area contributed by atoms with Gasteiger partial charge in [0, 0.05) is 101 Å². The Labute approximate surface area is 715 Å². The van der Waals surface area contributed by atoms with Crippen molar-refractivity contribution in [3.05, 3.63) is 167 Å². The van der Waals surface area contributed by atoms with E-state index in [0.29, 0.717) is 32.8 Å². The molecule has 44 heteroatoms. The fraction of sp³-hybridized carbons (Fsp3) is 0.405. The molecule has 4 aromatic carbocycles. The van der Waals surface area contributed by atoms with Crippen LogP contribution in [0.25, 0.3) is 10.8 Å². The van der Waals surface area contributed by atoms with Crippen LogP contribution in [0.1, 0.15) is 72.8 Å². The molecule has 1 saturated heterocycles. The van der Waals surface area contributed by atoms with Gasteiger partial charge in [-0.15, -0.1) is 11.8 Å². The van der Waals surface area contributed by atoms with E-state index < -0.39 is 199 Å². The van der Waals surface area contributed by atoms with E-state index >= 15 is 28.8 Å². The largest absolute Gasteiger partial charge is 0.508 e. The Morgan fingerprint density at radius 1 is 0.553 bits per heavy atom. The van der Waals surface area contributed by atoms with E-state index in [2.05, 4.69) is 99.4 Å². The number of hydrogen-bond donors (Lipinski definition) is 23. The molecular formula is C79H103ClN26O16S. The smallest absolute Gasteiger partial charge is 0.245 e. The van der Waals surface area contributed by atoms with Crippen LogP contribution in [-0.4, -0.2) is 257 Å². The summed E-state index contributed by atoms with van der Waals surface area (Å²) in [5.41, 5.74) is 18.8. The van der Waals surface area contributed by atoms with Gasteiger partial charge >= 0.3 is 0 Å². The fourth-order valence-corrected chi connectivity index (χ4v) is 14.1. The van der Waals surface area contributed by atoms with Gasteiger partial charge in [-0.25, -0.2) is 15.0 Å². The Bertz CT molecular complexity index is 4840. The van der Waals surface area contributed by atoms with Crippen molar-refractivity contribution in [1.82, 2.24) is 109 Å². The van der Waals surface area contributed by atoms with Crippen molar-refractivity contribution < 1.29 is 77.3 Å². The molecule has 7 aromatic rings. The van der Waals surface area contributed by atoms with Gasteiger partial charge in [0.2, 0.25) is 82.7 Å². The Hall–Kier alpha value is -13.7. The number of halogens is 1. The molecule has 26 N–H and O–H groups in total. The number of aryl methyl sites for hydroxylation is 1. The van der Waals surface area contributed by atoms with Gasteiger partial charge in [-0.2, -0.15) is 0 Å². The highest BCUT2D eigenvalue weighted by molar-refractivity contribution is 8.00. The molecule has 14 amide bonds. The van der Waals surface area contributed by atoms with Crippen molar-refractivity contribution in [3.8, 4) is 5.75 Å². The number of thioether (sulfide) groups is 1. The summed E-state index contributed by atoms with van der Waals surface area (Å²) in [6.07, 6.45) is 5.75. The van der Waals surface area contributed by atoms with Gasteiger partial charge in [0.1, 0.15) is 72.2 Å². The van der Waals surface area contributed by atoms with Gasteiger partial charge in [0.25, 0.3) is 0 Å². The summed E-state index contributed by atoms with van der Waals surface area (Å²) in [5.74, 6) is -15.8. The molecule has 0 radical (unpaired) electrons. The first-order valence-corrected chi connectivity index (χ1v) is 40.7. The fourth-order valence-electron chi connectivity index (χ4n) is 13.1. The number of primary amides is 1. The average molecular weight is 1740 g/mol. The second-order valence-corrected chi connectivity index (χ2v) is 30.4. The Kier molecular flexibility index (Phi) is 36.5. The Morgan fingerprint density at radius 2 is 1.06 bits per heavy atom. The predicted octanol–water partition coefficient (Wildman–Crippen LogP) is -4.80. The number of aliphatic hydroxyl groups excluding tert-OH is 1. The van der Waals surface area contributed by atoms with Gasteiger partial charge in [-0.1, -0.05) is 85.3 Å². The molecule has 0 bridgehead atoms. The number of carbonyl (C=O) groups excluding carboxylic acids is 14. The molecule has 11 unspecified atom stereocenters. The average Bonchev–Trinajstić information content (AvgIpc) is 1.25. The molecule has 1 aliphatic heterocycles. The van der Waals surface area contributed by atoms with Crippen LogP contribution < -0.4 is 91.6 Å². The number of nitrogens with one attached hydrogen (secondary N) is 18. The van der Waals surface area contributed by atoms with Crippen LogP contribution in [0.5, 0.6) is 5.75 Å². The number of nitrogens with zero attached hydrogens (tertiary/aromatic N) is 5. The number of aliphatic hydroxyl groups is 1. The maximum absolute atomic E-state index is 15.4. The minimum atomic E-state index is -1.86. The number of imidazole rings is 3. The second kappa shape index (κ2) is 47.3. The molecule has 3 aromatic heterocycles. The zero-order valence-electron chi connectivity index (χ0n) is 67.6. The van der Waals surface area contributed by atoms with Gasteiger partial charge in [0.05, 0.1) is 55.8 Å². The first kappa shape index (κ1) is 94.8. The van der Waals surface area contributed by atoms with Crippen molar-refractivity contribution in [3.63, 3.8) is 0 Å². The molecule has 11 atom stereocenters. The molecule has 1 fully saturated rings. The molecule has 0 aliphatic carbocycles. The second-order valence-electron chi connectivity index (χ2n) is 28.9. The number of likely N-dealkylation sites (N-methyl/N-ethyl adjacent to an activating group) is 1. The highest BCUT2D eigenvalue weighted by Gasteiger charge is 2.39. The summed E-state index contributed by atoms with van der Waals surface area (Å²) in [4.78, 5) is 224. The van der Waals surface area contributed by atoms with E-state index in [1.165, 1.54) is 73.5 Å². The lowest BCUT2D eigenvalue weighted by Crippen LogP contribution is -2.61. The highest BCUT2D eigenvalue weighted by atomic mass is 35.5. The molecule has 123 heavy (non-hydrogen) atoms. The number of aromatic hydroxyl groups is 1. The molecular weight excluding hydrogens is 1640 g/mol. The van der Waals surface area contributed by atoms with Crippen LogP contribution in [0.4, 0.5) is 0 Å². The van der Waals surface area contributed by atoms with Crippen molar-refractivity contribution in [2.75, 3.05) is 51.3 Å². The van der Waals surface area contributed by atoms with Crippen molar-refractivity contribution >= 4 is 129 Å². The number of fused-ring (bicyclic) bond motifs is 1. The lowest BCUT2D eigenvalue weighted by molar-refractivity contribution is -0.143. The van der Waals surface area contributed by atoms with E-state index in [-0.39, 0.29) is 94.4 Å². The highest BCUT2D eigenvalue weighted by Crippen LogP contribution is 2.22. The third kappa shape index (κ3) is 30.2. The lowest BCUT2D eigenvalue weighted by Gasteiger charge is -2.33. The number of aromatic amines is 2. The monoisotopic (exact) mass is 1740 g/mol. The van der Waals surface area contributed by atoms with Gasteiger partial charge in [-0.3, -0.25) is 77.9 Å². The maximum atomic E-state index is 15.4. The summed E-state index contributed by atoms with van der Waals surface area (Å²) in [6.45, 7) is -1.25. The number of benzene rings is 4. The minimum absolute atomic E-state index is 0.000110. The number of carbonyl (C=O) groups is 14. The first-order chi connectivity index (χ1) is 58.8. The molecule has 1 aliphatic rings. The standard InChI is InChI=1S/C79H103ClN26O16S/c1-4-53-69(114)100-57(28-46-12-7-11-45-10-5-6-13-52(45)46)72(117)101-58(29-48-32-86-40-93-48)67(112)92-36-65(110)96-61(37-107)75(120)99-55(15-9-25-90-79(84)85)77(122)106(3)63(27-44-18-22-51(108)23-19-44)76(121)103-59(30-49-33-87-41-94-49)73(118)98-54(14-8-24-89-78(82)83)70(115)102-60(31-50-34-88-42-105(50)2)74(119)104-62(68(113)91-35-64(81)109)38-123-39-66(111)95-56(71(116)97-53)26-43-16-20-47(80)21-17-43/h5-7,10-13,16-23,32-34,40-42,53-63,107-108H,4,8-9,14-15,24-31,35-39H2,1-3H3,(H2,81,109)(H,86,93)(H,87,94)(H,91,113)(H,92,112)(H,95,111)(H,96,110)(H,97,116)(H,98,118)(H,99,120)(H,100,114)(H,101,117)(H,102,115)(H,103,121)(H,104,119)(H4,82,83,89)(H4,84,85,90). The summed E-state index contributed by atoms with van der Waals surface area (Å²) < 4.78 is 1.53. The summed E-state index contributed by atoms with van der Waals surface area (Å²) in [7, 11) is 2.80. The molecule has 42 nitrogen and oxygen atoms in total. The Morgan fingerprint density at radius 3 is 1.64 bits per heavy atom. The van der Waals surface area contributed by atoms with Gasteiger partial charge in [0.15, 0.2) is 11.9 Å². The van der Waals surface area contributed by atoms with Crippen molar-refractivity contribution in [1.29, 1.82) is 10.8 Å². The zero-order chi connectivity index (χ0) is 89.2. The van der Waals surface area contributed by atoms with Crippen LogP contribution in [0, 0.1) is 10.8 Å². The van der Waals surface area contributed by atoms with Crippen LogP contribution in [0.15, 0.2) is 129 Å². The number of guanidine groups is 2. The van der Waals surface area contributed by atoms with Gasteiger partial charge < -0.3 is 121 Å². The number of H-pyrrole nitrogens is 2. The number of hydrogen-bond acceptors (Lipinski definition) is 22. The van der Waals surface area contributed by atoms with E-state index in [0.717, 1.165) is 22.0 Å². The first-order valence-electron chi connectivity index (χ1n) is 39.2. The molecule has 4 heterocycles. The number of nitrogens with two attached hydrogens (primary N) is 3. The van der Waals surface area contributed by atoms with Crippen molar-refractivity contribution in [2.24, 2.45) is 24.2 Å². The van der Waals surface area contributed by atoms with Crippen LogP contribution in [0.3, 0.4) is 0 Å². The van der Waals surface area contributed by atoms with Crippen LogP contribution >= 0.6 is 23.4 Å². The number of phenols is 1. The quantitative estimate of drug-likeness (QED) is 0.0145. The van der Waals surface area contributed by atoms with Crippen LogP contribution in [0.2, 0.25) is 5.02 Å². The third-order valence-corrected chi connectivity index (χ3v) is 21.0. The molecule has 0 saturated carbocycles. The maximum Gasteiger partial charge on any atom is 0.245 e. The zero-order valence-corrected chi connectivity index (χ0v) is 69.1. The van der Waals surface area contributed by atoms with E-state index in [1.54, 1.807) is 68.6 Å². The summed E-state index contributed by atoms with van der Waals surface area (Å²) >= 11 is 7.04. The van der Waals surface area contributed by atoms with Gasteiger partial charge in [-0.05, 0) is 83.8 Å². The lowest BCUT2D eigenvalue weighted by atomic mass is 9.97. The number of aromatic nitrogens is 6. The minimum Gasteiger partial charge on any atom is -0.508 e. The topological polar surface area (TPSA) is 652 Å². The van der Waals surface area contributed by atoms with E-state index in [4.69, 9.17) is 39.6 Å². The van der Waals surface area contributed by atoms with E-state index in [9.17, 15) is 48.6 Å². The molecule has 0 spiro atoms. The normalized spacial score (nSPS) is 21.7. The molecule has 658 valence electrons. The van der Waals surface area contributed by atoms with Crippen molar-refractivity contribution in [2.45, 2.75) is 144 Å². The molecule has 8 rings (SSSR count). The third-order valence-electron chi connectivity index (χ3n) is 19.7. The van der Waals surface area contributed by atoms with E-state index in [1.807, 2.05) is 12.1 Å². The summed E-state index contributed by atoms with van der Waals surface area (Å²) in [5, 5.41) is 74.9. The van der Waals surface area contributed by atoms with Crippen LogP contribution in [-0.2, 0) is 113 Å². The summed E-state index contributed by atoms with van der Waals surface area (Å²) in [6, 6.07) is 6.59. The number of phenolic OH excluding ortho intramolecular Hbond substituents is 1. The predicted molar refractivity (Wildman–Crippen MR) is 450 cm³/mol. The number of amides is 14. The Balaban J connectivity index is 1.20. The number of rotatable bonds is 25. The SMILES string of the molecule is CCC1NC(=O)C(Cc2ccc(Cl)cc2)NC(=O)CSCC(C(=O)NCC(N)=O)NC(=O)C(Cc2cncn2C)NC(=O)C(CCCNC(=N)N)NC(=O)C(Cc2c[nH]cn2)NC(=O)C(Cc2ccc(O)cc2)N(C)C(=O)C(CCCNC(=N)N)NC(=O)C(CO)NC(=O)CNC(=O)C(Cc2c[nH]cn2)NC(=O)C(Cc2cccc3ccccc23)NC1=O.